The zero-order chi connectivity index (χ0) is 23.5. The molecule has 0 saturated heterocycles. The molecule has 183 valence electrons. The Balaban J connectivity index is -0.000000431. The maximum atomic E-state index is 9.75. The summed E-state index contributed by atoms with van der Waals surface area (Å²) in [5.41, 5.74) is 0. The van der Waals surface area contributed by atoms with Crippen molar-refractivity contribution in [2.45, 2.75) is 103 Å². The SMILES string of the molecule is C1=CCC/C=C\CC1.C[P@@](CP(C(C)(C)C)C(C)(C)C)C(C)(C)C.F[B-](F)(F)F.[Rh]. The Morgan fingerprint density at radius 3 is 1.03 bits per heavy atom. The van der Waals surface area contributed by atoms with Crippen LogP contribution in [-0.4, -0.2) is 35.3 Å². The maximum absolute atomic E-state index is 9.75. The first-order valence-electron chi connectivity index (χ1n) is 10.4. The van der Waals surface area contributed by atoms with Crippen LogP contribution in [0, 0.1) is 0 Å². The number of allylic oxidation sites excluding steroid dienone is 4. The summed E-state index contributed by atoms with van der Waals surface area (Å²) >= 11 is 0. The van der Waals surface area contributed by atoms with Crippen LogP contribution in [-0.2, 0) is 19.5 Å². The van der Waals surface area contributed by atoms with Crippen molar-refractivity contribution in [2.75, 3.05) is 12.6 Å². The predicted molar refractivity (Wildman–Crippen MR) is 131 cm³/mol. The fraction of sp³-hybridized carbons (Fsp3) is 0.818. The van der Waals surface area contributed by atoms with E-state index in [0.29, 0.717) is 15.5 Å². The van der Waals surface area contributed by atoms with E-state index in [1.165, 1.54) is 31.6 Å². The molecule has 0 saturated carbocycles. The van der Waals surface area contributed by atoms with Crippen LogP contribution < -0.4 is 0 Å². The zero-order valence-corrected chi connectivity index (χ0v) is 24.1. The minimum absolute atomic E-state index is 0. The Labute approximate surface area is 199 Å². The molecule has 0 N–H and O–H groups in total. The normalized spacial score (nSPS) is 17.3. The van der Waals surface area contributed by atoms with Crippen molar-refractivity contribution < 1.29 is 36.7 Å². The van der Waals surface area contributed by atoms with Crippen molar-refractivity contribution >= 4 is 23.1 Å². The second kappa shape index (κ2) is 15.6. The van der Waals surface area contributed by atoms with Crippen molar-refractivity contribution in [1.82, 2.24) is 0 Å². The first-order valence-corrected chi connectivity index (χ1v) is 13.9. The minimum Gasteiger partial charge on any atom is -0.418 e. The molecule has 0 heterocycles. The summed E-state index contributed by atoms with van der Waals surface area (Å²) in [5.74, 6) is 1.46. The van der Waals surface area contributed by atoms with Crippen molar-refractivity contribution in [3.8, 4) is 0 Å². The van der Waals surface area contributed by atoms with Gasteiger partial charge in [-0.1, -0.05) is 102 Å². The van der Waals surface area contributed by atoms with Gasteiger partial charge in [-0.05, 0) is 53.7 Å². The van der Waals surface area contributed by atoms with Crippen LogP contribution in [0.3, 0.4) is 0 Å². The van der Waals surface area contributed by atoms with E-state index in [2.05, 4.69) is 93.3 Å². The topological polar surface area (TPSA) is 0 Å². The van der Waals surface area contributed by atoms with Gasteiger partial charge in [-0.15, -0.1) is 0 Å². The largest absolute Gasteiger partial charge is 0.673 e. The summed E-state index contributed by atoms with van der Waals surface area (Å²) in [7, 11) is -5.78. The quantitative estimate of drug-likeness (QED) is 0.137. The van der Waals surface area contributed by atoms with E-state index in [4.69, 9.17) is 0 Å². The standard InChI is InChI=1S/C14H32P2.C8H12.BF4.Rh/c1-12(2,3)15(10)11-16(13(4,5)6)14(7,8)9;1-2-4-6-8-7-5-3-1;2-1(3,4)5;/h11H2,1-10H3;1-2,7-8H,3-6H2;;/q;;-1;/b;2-1-,8-7?;;/t15-;;;/m0.../s1. The third-order valence-corrected chi connectivity index (χ3v) is 12.8. The second-order valence-electron chi connectivity index (χ2n) is 10.4. The smallest absolute Gasteiger partial charge is 0.418 e. The van der Waals surface area contributed by atoms with Crippen molar-refractivity contribution in [2.24, 2.45) is 0 Å². The van der Waals surface area contributed by atoms with Gasteiger partial charge >= 0.3 is 7.25 Å². The molecule has 0 aromatic rings. The summed E-state index contributed by atoms with van der Waals surface area (Å²) in [6.45, 7) is 24.2. The van der Waals surface area contributed by atoms with E-state index in [0.717, 1.165) is 0 Å². The van der Waals surface area contributed by atoms with Gasteiger partial charge in [0, 0.05) is 19.5 Å². The van der Waals surface area contributed by atoms with E-state index in [9.17, 15) is 17.3 Å². The molecular weight excluding hydrogens is 516 g/mol. The van der Waals surface area contributed by atoms with Gasteiger partial charge < -0.3 is 17.3 Å². The molecule has 0 aromatic heterocycles. The number of halogens is 4. The second-order valence-corrected chi connectivity index (χ2v) is 17.8. The molecular formula is C22H44BF4P2Rh-. The van der Waals surface area contributed by atoms with Crippen LogP contribution in [0.2, 0.25) is 0 Å². The van der Waals surface area contributed by atoms with E-state index in [-0.39, 0.29) is 35.3 Å². The molecule has 30 heavy (non-hydrogen) atoms. The molecule has 0 unspecified atom stereocenters. The van der Waals surface area contributed by atoms with Gasteiger partial charge in [0.1, 0.15) is 0 Å². The average Bonchev–Trinajstić information content (AvgIpc) is 2.38. The molecule has 1 aliphatic rings. The summed E-state index contributed by atoms with van der Waals surface area (Å²) in [6.07, 6.45) is 14.0. The van der Waals surface area contributed by atoms with Crippen LogP contribution in [0.15, 0.2) is 24.3 Å². The van der Waals surface area contributed by atoms with Crippen LogP contribution in [0.25, 0.3) is 0 Å². The number of hydrogen-bond donors (Lipinski definition) is 0. The summed E-state index contributed by atoms with van der Waals surface area (Å²) in [5, 5.41) is 1.47. The molecule has 1 rings (SSSR count). The maximum Gasteiger partial charge on any atom is 0.673 e. The Bertz CT molecular complexity index is 441. The Kier molecular flexibility index (Phi) is 18.3. The van der Waals surface area contributed by atoms with Crippen LogP contribution >= 0.6 is 15.8 Å². The molecule has 1 atom stereocenters. The molecule has 0 nitrogen and oxygen atoms in total. The predicted octanol–water partition coefficient (Wildman–Crippen LogP) is 9.90. The molecule has 0 fully saturated rings. The summed E-state index contributed by atoms with van der Waals surface area (Å²) < 4.78 is 39.0. The summed E-state index contributed by atoms with van der Waals surface area (Å²) in [4.78, 5) is 0. The van der Waals surface area contributed by atoms with E-state index < -0.39 is 7.25 Å². The minimum atomic E-state index is -6.00. The molecule has 0 spiro atoms. The van der Waals surface area contributed by atoms with E-state index in [1.54, 1.807) is 0 Å². The van der Waals surface area contributed by atoms with Gasteiger partial charge in [-0.25, -0.2) is 0 Å². The molecule has 0 amide bonds. The molecule has 0 bridgehead atoms. The molecule has 1 radical (unpaired) electrons. The zero-order valence-electron chi connectivity index (χ0n) is 20.7. The first kappa shape index (κ1) is 35.3. The first-order chi connectivity index (χ1) is 12.8. The molecule has 1 aliphatic carbocycles. The van der Waals surface area contributed by atoms with Crippen molar-refractivity contribution in [3.63, 3.8) is 0 Å². The number of rotatable bonds is 2. The van der Waals surface area contributed by atoms with Crippen molar-refractivity contribution in [3.05, 3.63) is 24.3 Å². The van der Waals surface area contributed by atoms with Gasteiger partial charge in [0.2, 0.25) is 0 Å². The van der Waals surface area contributed by atoms with Crippen LogP contribution in [0.4, 0.5) is 17.3 Å². The van der Waals surface area contributed by atoms with Gasteiger partial charge in [-0.3, -0.25) is 0 Å². The Morgan fingerprint density at radius 1 is 0.633 bits per heavy atom. The van der Waals surface area contributed by atoms with Crippen molar-refractivity contribution in [1.29, 1.82) is 0 Å². The van der Waals surface area contributed by atoms with E-state index in [1.807, 2.05) is 0 Å². The number of hydrogen-bond acceptors (Lipinski definition) is 0. The average molecular weight is 560 g/mol. The van der Waals surface area contributed by atoms with Gasteiger partial charge in [-0.2, -0.15) is 0 Å². The molecule has 0 aliphatic heterocycles. The third-order valence-electron chi connectivity index (χ3n) is 4.45. The van der Waals surface area contributed by atoms with Crippen LogP contribution in [0.5, 0.6) is 0 Å². The Morgan fingerprint density at radius 2 is 0.867 bits per heavy atom. The summed E-state index contributed by atoms with van der Waals surface area (Å²) in [6, 6.07) is 0. The fourth-order valence-corrected chi connectivity index (χ4v) is 11.5. The third kappa shape index (κ3) is 23.4. The van der Waals surface area contributed by atoms with Gasteiger partial charge in [0.15, 0.2) is 0 Å². The monoisotopic (exact) mass is 560 g/mol. The fourth-order valence-electron chi connectivity index (χ4n) is 2.71. The Hall–Kier alpha value is 0.748. The van der Waals surface area contributed by atoms with Crippen LogP contribution in [0.1, 0.15) is 88.0 Å². The van der Waals surface area contributed by atoms with Gasteiger partial charge in [0.25, 0.3) is 0 Å². The van der Waals surface area contributed by atoms with E-state index >= 15 is 0 Å². The molecule has 0 aromatic carbocycles. The molecule has 8 heteroatoms. The van der Waals surface area contributed by atoms with Gasteiger partial charge in [0.05, 0.1) is 0 Å².